The van der Waals surface area contributed by atoms with Crippen molar-refractivity contribution in [1.82, 2.24) is 4.90 Å². The van der Waals surface area contributed by atoms with Gasteiger partial charge < -0.3 is 19.3 Å². The third-order valence-corrected chi connectivity index (χ3v) is 6.32. The minimum atomic E-state index is -0.439. The number of ether oxygens (including phenoxy) is 3. The molecular formula is C22H24ClNO4. The average Bonchev–Trinajstić information content (AvgIpc) is 3.28. The minimum absolute atomic E-state index is 0.176. The zero-order valence-corrected chi connectivity index (χ0v) is 16.3. The molecule has 148 valence electrons. The van der Waals surface area contributed by atoms with Crippen molar-refractivity contribution in [2.24, 2.45) is 11.8 Å². The van der Waals surface area contributed by atoms with E-state index in [9.17, 15) is 5.11 Å². The first-order valence-corrected chi connectivity index (χ1v) is 10.2. The summed E-state index contributed by atoms with van der Waals surface area (Å²) < 4.78 is 17.0. The summed E-state index contributed by atoms with van der Waals surface area (Å²) in [6, 6.07) is 13.6. The van der Waals surface area contributed by atoms with Crippen LogP contribution >= 0.6 is 11.6 Å². The lowest BCUT2D eigenvalue weighted by atomic mass is 9.78. The van der Waals surface area contributed by atoms with Crippen LogP contribution in [0.4, 0.5) is 0 Å². The summed E-state index contributed by atoms with van der Waals surface area (Å²) >= 11 is 6.05. The highest BCUT2D eigenvalue weighted by Gasteiger charge is 2.42. The fraction of sp³-hybridized carbons (Fsp3) is 0.455. The number of aliphatic hydroxyl groups is 1. The predicted octanol–water partition coefficient (Wildman–Crippen LogP) is 3.72. The third kappa shape index (κ3) is 3.66. The maximum Gasteiger partial charge on any atom is 0.231 e. The molecule has 1 saturated heterocycles. The van der Waals surface area contributed by atoms with Crippen LogP contribution in [0.15, 0.2) is 42.5 Å². The molecule has 0 amide bonds. The summed E-state index contributed by atoms with van der Waals surface area (Å²) in [5, 5.41) is 11.3. The van der Waals surface area contributed by atoms with Crippen LogP contribution in [-0.4, -0.2) is 42.1 Å². The molecule has 0 aromatic heterocycles. The molecule has 6 heteroatoms. The number of likely N-dealkylation sites (tertiary alicyclic amines) is 1. The smallest absolute Gasteiger partial charge is 0.231 e. The van der Waals surface area contributed by atoms with Crippen LogP contribution in [0.1, 0.15) is 18.4 Å². The van der Waals surface area contributed by atoms with Gasteiger partial charge in [-0.3, -0.25) is 4.90 Å². The van der Waals surface area contributed by atoms with E-state index in [-0.39, 0.29) is 6.10 Å². The first-order valence-electron chi connectivity index (χ1n) is 9.85. The van der Waals surface area contributed by atoms with Gasteiger partial charge in [-0.2, -0.15) is 0 Å². The summed E-state index contributed by atoms with van der Waals surface area (Å²) in [5.74, 6) is 3.44. The minimum Gasteiger partial charge on any atom is -0.488 e. The normalized spacial score (nSPS) is 28.9. The molecule has 0 radical (unpaired) electrons. The molecular weight excluding hydrogens is 378 g/mol. The molecule has 2 aliphatic heterocycles. The quantitative estimate of drug-likeness (QED) is 0.846. The van der Waals surface area contributed by atoms with Crippen LogP contribution in [0.2, 0.25) is 5.02 Å². The van der Waals surface area contributed by atoms with E-state index in [0.29, 0.717) is 23.7 Å². The summed E-state index contributed by atoms with van der Waals surface area (Å²) in [6.45, 7) is 3.24. The van der Waals surface area contributed by atoms with Crippen molar-refractivity contribution in [3.8, 4) is 17.2 Å². The summed E-state index contributed by atoms with van der Waals surface area (Å²) in [6.07, 6.45) is 1.04. The Morgan fingerprint density at radius 1 is 1.04 bits per heavy atom. The summed E-state index contributed by atoms with van der Waals surface area (Å²) in [5.41, 5.74) is 1.23. The van der Waals surface area contributed by atoms with Gasteiger partial charge in [0.15, 0.2) is 11.5 Å². The van der Waals surface area contributed by atoms with Crippen molar-refractivity contribution in [1.29, 1.82) is 0 Å². The fourth-order valence-electron chi connectivity index (χ4n) is 4.76. The number of halogens is 1. The molecule has 2 fully saturated rings. The molecule has 0 unspecified atom stereocenters. The van der Waals surface area contributed by atoms with Crippen molar-refractivity contribution in [3.05, 3.63) is 53.1 Å². The molecule has 5 rings (SSSR count). The Kier molecular flexibility index (Phi) is 4.83. The van der Waals surface area contributed by atoms with E-state index in [2.05, 4.69) is 17.0 Å². The second-order valence-corrected chi connectivity index (χ2v) is 8.49. The Labute approximate surface area is 169 Å². The molecule has 2 aromatic rings. The number of hydrogen-bond donors (Lipinski definition) is 1. The summed E-state index contributed by atoms with van der Waals surface area (Å²) in [4.78, 5) is 2.47. The Hall–Kier alpha value is -1.95. The topological polar surface area (TPSA) is 51.2 Å². The molecule has 5 nitrogen and oxygen atoms in total. The number of benzene rings is 2. The van der Waals surface area contributed by atoms with E-state index >= 15 is 0 Å². The number of rotatable bonds is 4. The van der Waals surface area contributed by atoms with Crippen molar-refractivity contribution < 1.29 is 19.3 Å². The molecule has 2 aromatic carbocycles. The third-order valence-electron chi connectivity index (χ3n) is 6.09. The lowest BCUT2D eigenvalue weighted by Crippen LogP contribution is -2.42. The molecule has 1 N–H and O–H groups in total. The second kappa shape index (κ2) is 7.47. The van der Waals surface area contributed by atoms with Gasteiger partial charge >= 0.3 is 0 Å². The molecule has 0 spiro atoms. The van der Waals surface area contributed by atoms with E-state index in [0.717, 1.165) is 49.7 Å². The molecule has 4 atom stereocenters. The van der Waals surface area contributed by atoms with Gasteiger partial charge in [0.1, 0.15) is 11.9 Å². The van der Waals surface area contributed by atoms with E-state index in [4.69, 9.17) is 25.8 Å². The van der Waals surface area contributed by atoms with Gasteiger partial charge in [0.2, 0.25) is 6.79 Å². The lowest BCUT2D eigenvalue weighted by Gasteiger charge is -2.35. The Bertz CT molecular complexity index is 860. The van der Waals surface area contributed by atoms with Gasteiger partial charge in [0.05, 0.1) is 6.10 Å². The van der Waals surface area contributed by atoms with Crippen LogP contribution in [0.25, 0.3) is 0 Å². The van der Waals surface area contributed by atoms with Crippen LogP contribution in [0.5, 0.6) is 17.2 Å². The average molecular weight is 402 g/mol. The van der Waals surface area contributed by atoms with Gasteiger partial charge in [-0.25, -0.2) is 0 Å². The summed E-state index contributed by atoms with van der Waals surface area (Å²) in [7, 11) is 0. The van der Waals surface area contributed by atoms with E-state index in [1.54, 1.807) is 6.07 Å². The van der Waals surface area contributed by atoms with Gasteiger partial charge in [-0.05, 0) is 60.6 Å². The monoisotopic (exact) mass is 401 g/mol. The highest BCUT2D eigenvalue weighted by atomic mass is 35.5. The van der Waals surface area contributed by atoms with Crippen molar-refractivity contribution in [2.75, 3.05) is 19.9 Å². The standard InChI is InChI=1S/C22H24ClNO4/c23-17-2-1-3-18(9-17)28-21-8-16-12-24(11-15(16)7-19(21)25)10-14-4-5-20-22(6-14)27-13-26-20/h1-6,9,15-16,19,21,25H,7-8,10-13H2/t15-,16+,19+,21+/m0/s1. The molecule has 1 aliphatic carbocycles. The highest BCUT2D eigenvalue weighted by Crippen LogP contribution is 2.39. The molecule has 1 saturated carbocycles. The molecule has 2 heterocycles. The predicted molar refractivity (Wildman–Crippen MR) is 106 cm³/mol. The van der Waals surface area contributed by atoms with E-state index < -0.39 is 6.10 Å². The van der Waals surface area contributed by atoms with E-state index in [1.807, 2.05) is 24.3 Å². The molecule has 0 bridgehead atoms. The van der Waals surface area contributed by atoms with Gasteiger partial charge in [-0.1, -0.05) is 23.7 Å². The van der Waals surface area contributed by atoms with Crippen molar-refractivity contribution in [2.45, 2.75) is 31.6 Å². The Morgan fingerprint density at radius 2 is 1.86 bits per heavy atom. The first kappa shape index (κ1) is 18.1. The lowest BCUT2D eigenvalue weighted by molar-refractivity contribution is -0.0231. The van der Waals surface area contributed by atoms with Crippen LogP contribution in [0.3, 0.4) is 0 Å². The maximum atomic E-state index is 10.6. The number of fused-ring (bicyclic) bond motifs is 2. The van der Waals surface area contributed by atoms with Crippen LogP contribution < -0.4 is 14.2 Å². The number of hydrogen-bond acceptors (Lipinski definition) is 5. The van der Waals surface area contributed by atoms with Crippen LogP contribution in [-0.2, 0) is 6.54 Å². The fourth-order valence-corrected chi connectivity index (χ4v) is 4.94. The first-order chi connectivity index (χ1) is 13.6. The Morgan fingerprint density at radius 3 is 2.71 bits per heavy atom. The molecule has 28 heavy (non-hydrogen) atoms. The van der Waals surface area contributed by atoms with Crippen molar-refractivity contribution in [3.63, 3.8) is 0 Å². The second-order valence-electron chi connectivity index (χ2n) is 8.05. The van der Waals surface area contributed by atoms with Crippen molar-refractivity contribution >= 4 is 11.6 Å². The van der Waals surface area contributed by atoms with Crippen LogP contribution in [0, 0.1) is 11.8 Å². The number of aliphatic hydroxyl groups excluding tert-OH is 1. The SMILES string of the molecule is O[C@@H]1C[C@H]2CN(Cc3ccc4c(c3)OCO4)C[C@H]2C[C@H]1Oc1cccc(Cl)c1. The zero-order chi connectivity index (χ0) is 19.1. The maximum absolute atomic E-state index is 10.6. The van der Waals surface area contributed by atoms with E-state index in [1.165, 1.54) is 5.56 Å². The Balaban J connectivity index is 1.22. The number of nitrogens with zero attached hydrogens (tertiary/aromatic N) is 1. The largest absolute Gasteiger partial charge is 0.488 e. The van der Waals surface area contributed by atoms with Gasteiger partial charge in [0, 0.05) is 24.7 Å². The highest BCUT2D eigenvalue weighted by molar-refractivity contribution is 6.30. The zero-order valence-electron chi connectivity index (χ0n) is 15.6. The van der Waals surface area contributed by atoms with Gasteiger partial charge in [-0.15, -0.1) is 0 Å². The van der Waals surface area contributed by atoms with Gasteiger partial charge in [0.25, 0.3) is 0 Å². The molecule has 3 aliphatic rings.